The Balaban J connectivity index is 2.04. The van der Waals surface area contributed by atoms with Crippen LogP contribution in [0.1, 0.15) is 11.1 Å². The summed E-state index contributed by atoms with van der Waals surface area (Å²) in [5.74, 6) is -16.6. The summed E-state index contributed by atoms with van der Waals surface area (Å²) in [4.78, 5) is 0. The summed E-state index contributed by atoms with van der Waals surface area (Å²) in [6.45, 7) is 0. The van der Waals surface area contributed by atoms with Gasteiger partial charge in [-0.25, -0.2) is 0 Å². The minimum absolute atomic E-state index is 0.100. The van der Waals surface area contributed by atoms with Crippen LogP contribution in [0.4, 0.5) is 26.3 Å². The van der Waals surface area contributed by atoms with Crippen LogP contribution in [0.2, 0.25) is 0 Å². The Bertz CT molecular complexity index is 974. The zero-order valence-electron chi connectivity index (χ0n) is 14.6. The van der Waals surface area contributed by atoms with Crippen LogP contribution in [-0.2, 0) is 11.8 Å². The van der Waals surface area contributed by atoms with E-state index in [-0.39, 0.29) is 5.75 Å². The first kappa shape index (κ1) is 21.5. The average Bonchev–Trinajstić information content (AvgIpc) is 2.69. The Morgan fingerprint density at radius 2 is 1.17 bits per heavy atom. The summed E-state index contributed by atoms with van der Waals surface area (Å²) >= 11 is 1.79. The molecule has 0 radical (unpaired) electrons. The summed E-state index contributed by atoms with van der Waals surface area (Å²) in [7, 11) is 0. The van der Waals surface area contributed by atoms with E-state index in [0.29, 0.717) is 21.8 Å². The Labute approximate surface area is 176 Å². The van der Waals surface area contributed by atoms with E-state index < -0.39 is 34.6 Å². The zero-order chi connectivity index (χ0) is 21.3. The summed E-state index contributed by atoms with van der Waals surface area (Å²) < 4.78 is 93.7. The van der Waals surface area contributed by atoms with Gasteiger partial charge in [-0.3, -0.25) is 0 Å². The minimum atomic E-state index is -5.72. The van der Waals surface area contributed by atoms with Gasteiger partial charge in [0.2, 0.25) is 0 Å². The predicted octanol–water partition coefficient (Wildman–Crippen LogP) is 7.60. The molecule has 0 N–H and O–H groups in total. The van der Waals surface area contributed by atoms with Crippen molar-refractivity contribution in [3.05, 3.63) is 93.6 Å². The van der Waals surface area contributed by atoms with E-state index in [1.807, 2.05) is 0 Å². The van der Waals surface area contributed by atoms with Gasteiger partial charge in [0.15, 0.2) is 0 Å². The number of hydrogen-bond acceptors (Lipinski definition) is 1. The van der Waals surface area contributed by atoms with E-state index in [4.69, 9.17) is 4.74 Å². The van der Waals surface area contributed by atoms with Crippen molar-refractivity contribution in [2.24, 2.45) is 0 Å². The zero-order valence-corrected chi connectivity index (χ0v) is 16.7. The van der Waals surface area contributed by atoms with Gasteiger partial charge in [0, 0.05) is 9.13 Å². The van der Waals surface area contributed by atoms with E-state index in [9.17, 15) is 26.3 Å². The highest BCUT2D eigenvalue weighted by Crippen LogP contribution is 2.57. The first-order chi connectivity index (χ1) is 13.6. The van der Waals surface area contributed by atoms with Gasteiger partial charge in [-0.1, -0.05) is 42.5 Å². The molecule has 0 saturated carbocycles. The number of hydrogen-bond donors (Lipinski definition) is 0. The Morgan fingerprint density at radius 3 is 1.79 bits per heavy atom. The van der Waals surface area contributed by atoms with Gasteiger partial charge < -0.3 is 4.74 Å². The van der Waals surface area contributed by atoms with Crippen LogP contribution in [0.25, 0.3) is 0 Å². The highest BCUT2D eigenvalue weighted by molar-refractivity contribution is 14.1. The van der Waals surface area contributed by atoms with E-state index in [2.05, 4.69) is 0 Å². The van der Waals surface area contributed by atoms with Gasteiger partial charge in [0.1, 0.15) is 11.5 Å². The molecule has 3 rings (SSSR count). The van der Waals surface area contributed by atoms with Crippen molar-refractivity contribution in [2.75, 3.05) is 0 Å². The van der Waals surface area contributed by atoms with Gasteiger partial charge >= 0.3 is 17.8 Å². The van der Waals surface area contributed by atoms with Crippen LogP contribution < -0.4 is 4.74 Å². The fraction of sp³-hybridized carbons (Fsp3) is 0.143. The monoisotopic (exact) mass is 522 g/mol. The number of alkyl halides is 6. The summed E-state index contributed by atoms with van der Waals surface area (Å²) in [6, 6.07) is 15.3. The standard InChI is InChI=1S/C21H13F6IO/c22-19(23,14-10-12-15(28)13-11-14)21(26,27)20(24,25)17-8-4-5-9-18(17)29-16-6-2-1-3-7-16/h1-13H. The Kier molecular flexibility index (Phi) is 5.84. The van der Waals surface area contributed by atoms with Crippen molar-refractivity contribution in [3.63, 3.8) is 0 Å². The number of benzene rings is 3. The molecule has 0 bridgehead atoms. The molecule has 0 saturated heterocycles. The van der Waals surface area contributed by atoms with Gasteiger partial charge in [-0.15, -0.1) is 0 Å². The van der Waals surface area contributed by atoms with Crippen LogP contribution in [0.15, 0.2) is 78.9 Å². The third-order valence-electron chi connectivity index (χ3n) is 4.19. The van der Waals surface area contributed by atoms with Crippen molar-refractivity contribution < 1.29 is 31.1 Å². The molecule has 0 aliphatic rings. The van der Waals surface area contributed by atoms with E-state index in [0.717, 1.165) is 24.3 Å². The molecule has 152 valence electrons. The SMILES string of the molecule is FC(F)(c1ccc(I)cc1)C(F)(F)C(F)(F)c1ccccc1Oc1ccccc1. The second-order valence-electron chi connectivity index (χ2n) is 6.14. The maximum atomic E-state index is 14.8. The molecule has 0 fully saturated rings. The number of para-hydroxylation sites is 2. The average molecular weight is 522 g/mol. The molecule has 8 heteroatoms. The highest BCUT2D eigenvalue weighted by atomic mass is 127. The molecule has 0 aromatic heterocycles. The molecule has 0 spiro atoms. The molecule has 3 aromatic carbocycles. The van der Waals surface area contributed by atoms with Crippen molar-refractivity contribution in [2.45, 2.75) is 17.8 Å². The Hall–Kier alpha value is -2.23. The van der Waals surface area contributed by atoms with E-state index >= 15 is 0 Å². The maximum absolute atomic E-state index is 14.8. The van der Waals surface area contributed by atoms with Crippen LogP contribution >= 0.6 is 22.6 Å². The van der Waals surface area contributed by atoms with Crippen LogP contribution in [-0.4, -0.2) is 5.92 Å². The molecule has 29 heavy (non-hydrogen) atoms. The molecule has 1 nitrogen and oxygen atoms in total. The van der Waals surface area contributed by atoms with E-state index in [1.165, 1.54) is 18.2 Å². The fourth-order valence-electron chi connectivity index (χ4n) is 2.64. The third-order valence-corrected chi connectivity index (χ3v) is 4.91. The first-order valence-electron chi connectivity index (χ1n) is 8.29. The minimum Gasteiger partial charge on any atom is -0.457 e. The smallest absolute Gasteiger partial charge is 0.380 e. The molecule has 0 unspecified atom stereocenters. The topological polar surface area (TPSA) is 9.23 Å². The molecule has 0 atom stereocenters. The predicted molar refractivity (Wildman–Crippen MR) is 105 cm³/mol. The molecule has 0 aliphatic carbocycles. The fourth-order valence-corrected chi connectivity index (χ4v) is 3.00. The summed E-state index contributed by atoms with van der Waals surface area (Å²) in [5, 5.41) is 0. The largest absolute Gasteiger partial charge is 0.457 e. The first-order valence-corrected chi connectivity index (χ1v) is 9.37. The summed E-state index contributed by atoms with van der Waals surface area (Å²) in [5.41, 5.74) is -2.54. The second kappa shape index (κ2) is 7.89. The van der Waals surface area contributed by atoms with E-state index in [1.54, 1.807) is 40.8 Å². The lowest BCUT2D eigenvalue weighted by Crippen LogP contribution is -2.50. The maximum Gasteiger partial charge on any atom is 0.380 e. The molecule has 3 aromatic rings. The number of ether oxygens (including phenoxy) is 1. The van der Waals surface area contributed by atoms with Crippen molar-refractivity contribution in [1.82, 2.24) is 0 Å². The highest BCUT2D eigenvalue weighted by Gasteiger charge is 2.73. The Morgan fingerprint density at radius 1 is 0.621 bits per heavy atom. The number of halogens is 7. The van der Waals surface area contributed by atoms with Crippen LogP contribution in [0.3, 0.4) is 0 Å². The van der Waals surface area contributed by atoms with Crippen molar-refractivity contribution >= 4 is 22.6 Å². The summed E-state index contributed by atoms with van der Waals surface area (Å²) in [6.07, 6.45) is 0. The lowest BCUT2D eigenvalue weighted by atomic mass is 9.92. The molecule has 0 heterocycles. The van der Waals surface area contributed by atoms with Crippen LogP contribution in [0.5, 0.6) is 11.5 Å². The lowest BCUT2D eigenvalue weighted by molar-refractivity contribution is -0.321. The van der Waals surface area contributed by atoms with Gasteiger partial charge in [-0.05, 0) is 59.0 Å². The molecule has 0 amide bonds. The number of rotatable bonds is 6. The van der Waals surface area contributed by atoms with Gasteiger partial charge in [-0.2, -0.15) is 26.3 Å². The normalized spacial score (nSPS) is 12.7. The molecule has 0 aliphatic heterocycles. The van der Waals surface area contributed by atoms with Crippen LogP contribution in [0, 0.1) is 3.57 Å². The third kappa shape index (κ3) is 3.94. The van der Waals surface area contributed by atoms with Gasteiger partial charge in [0.25, 0.3) is 0 Å². The van der Waals surface area contributed by atoms with Crippen molar-refractivity contribution in [3.8, 4) is 11.5 Å². The molecular weight excluding hydrogens is 509 g/mol. The second-order valence-corrected chi connectivity index (χ2v) is 7.39. The molecular formula is C21H13F6IO. The lowest BCUT2D eigenvalue weighted by Gasteiger charge is -2.33. The van der Waals surface area contributed by atoms with Crippen molar-refractivity contribution in [1.29, 1.82) is 0 Å². The van der Waals surface area contributed by atoms with Gasteiger partial charge in [0.05, 0.1) is 5.56 Å². The quantitative estimate of drug-likeness (QED) is 0.239.